The van der Waals surface area contributed by atoms with Gasteiger partial charge in [0.15, 0.2) is 6.29 Å². The Labute approximate surface area is 73.9 Å². The Bertz CT molecular complexity index is 144. The van der Waals surface area contributed by atoms with Crippen LogP contribution in [0, 0.1) is 0 Å². The minimum absolute atomic E-state index is 0.00231. The fraction of sp³-hybridized carbons (Fsp3) is 1.00. The van der Waals surface area contributed by atoms with Crippen molar-refractivity contribution in [3.05, 3.63) is 0 Å². The molecule has 0 amide bonds. The Morgan fingerprint density at radius 3 is 1.46 bits per heavy atom. The van der Waals surface area contributed by atoms with Crippen molar-refractivity contribution >= 4 is 7.82 Å². The summed E-state index contributed by atoms with van der Waals surface area (Å²) in [6.07, 6.45) is -2.96. The van der Waals surface area contributed by atoms with E-state index in [0.717, 1.165) is 0 Å². The number of hydrogen-bond donors (Lipinski definition) is 7. The van der Waals surface area contributed by atoms with Crippen molar-refractivity contribution in [1.82, 2.24) is 0 Å². The van der Waals surface area contributed by atoms with Crippen LogP contribution in [0.5, 0.6) is 0 Å². The average molecular weight is 220 g/mol. The predicted molar refractivity (Wildman–Crippen MR) is 40.2 cm³/mol. The molecule has 0 heterocycles. The van der Waals surface area contributed by atoms with Crippen LogP contribution in [0.15, 0.2) is 0 Å². The molecule has 0 bridgehead atoms. The maximum atomic E-state index is 8.88. The number of aliphatic hydroxyl groups excluding tert-OH is 3. The largest absolute Gasteiger partial charge is 0.466 e. The Morgan fingerprint density at radius 1 is 1.08 bits per heavy atom. The first kappa shape index (κ1) is 15.4. The Kier molecular flexibility index (Phi) is 8.74. The molecule has 0 fully saturated rings. The molecule has 13 heavy (non-hydrogen) atoms. The van der Waals surface area contributed by atoms with Gasteiger partial charge in [-0.3, -0.25) is 0 Å². The van der Waals surface area contributed by atoms with Gasteiger partial charge in [0.1, 0.15) is 6.10 Å². The molecular weight excluding hydrogens is 207 g/mol. The molecule has 9 heteroatoms. The van der Waals surface area contributed by atoms with Gasteiger partial charge in [-0.25, -0.2) is 4.57 Å². The summed E-state index contributed by atoms with van der Waals surface area (Å²) in [5, 5.41) is 32.9. The molecule has 0 aromatic heterocycles. The molecule has 0 saturated carbocycles. The van der Waals surface area contributed by atoms with Gasteiger partial charge in [0.05, 0.1) is 0 Å². The number of hydrogen-bond acceptors (Lipinski definition) is 5. The van der Waals surface area contributed by atoms with Crippen molar-refractivity contribution in [3.63, 3.8) is 0 Å². The van der Waals surface area contributed by atoms with E-state index in [-0.39, 0.29) is 13.0 Å². The fourth-order valence-corrected chi connectivity index (χ4v) is 0.281. The van der Waals surface area contributed by atoms with E-state index in [1.54, 1.807) is 0 Å². The van der Waals surface area contributed by atoms with E-state index in [0.29, 0.717) is 0 Å². The SMILES string of the molecule is O=P(O)(O)O.OCCC(O)C(O)O. The van der Waals surface area contributed by atoms with Crippen molar-refractivity contribution in [1.29, 1.82) is 0 Å². The highest BCUT2D eigenvalue weighted by atomic mass is 31.2. The highest BCUT2D eigenvalue weighted by molar-refractivity contribution is 7.45. The van der Waals surface area contributed by atoms with Gasteiger partial charge in [-0.05, 0) is 0 Å². The van der Waals surface area contributed by atoms with Crippen LogP contribution in [0.4, 0.5) is 0 Å². The minimum Gasteiger partial charge on any atom is -0.396 e. The number of rotatable bonds is 3. The third kappa shape index (κ3) is 24.5. The van der Waals surface area contributed by atoms with Gasteiger partial charge in [0, 0.05) is 13.0 Å². The van der Waals surface area contributed by atoms with Crippen molar-refractivity contribution in [2.75, 3.05) is 6.61 Å². The number of aliphatic hydroxyl groups is 4. The van der Waals surface area contributed by atoms with Crippen molar-refractivity contribution in [2.24, 2.45) is 0 Å². The molecule has 8 nitrogen and oxygen atoms in total. The zero-order chi connectivity index (χ0) is 11.1. The molecule has 7 N–H and O–H groups in total. The summed E-state index contributed by atoms with van der Waals surface area (Å²) in [6.45, 7) is -0.237. The van der Waals surface area contributed by atoms with E-state index in [1.165, 1.54) is 0 Å². The highest BCUT2D eigenvalue weighted by Gasteiger charge is 2.10. The van der Waals surface area contributed by atoms with E-state index in [4.69, 9.17) is 39.7 Å². The molecule has 0 aromatic carbocycles. The Morgan fingerprint density at radius 2 is 1.38 bits per heavy atom. The molecule has 0 aliphatic heterocycles. The minimum atomic E-state index is -4.64. The normalized spacial score (nSPS) is 13.5. The lowest BCUT2D eigenvalue weighted by molar-refractivity contribution is -0.126. The van der Waals surface area contributed by atoms with Crippen LogP contribution in [0.1, 0.15) is 6.42 Å². The maximum absolute atomic E-state index is 8.88. The van der Waals surface area contributed by atoms with Gasteiger partial charge in [0.25, 0.3) is 0 Å². The van der Waals surface area contributed by atoms with Gasteiger partial charge in [-0.2, -0.15) is 0 Å². The predicted octanol–water partition coefficient (Wildman–Crippen LogP) is -2.89. The summed E-state index contributed by atoms with van der Waals surface area (Å²) < 4.78 is 8.88. The van der Waals surface area contributed by atoms with Crippen LogP contribution in [-0.4, -0.2) is 54.1 Å². The van der Waals surface area contributed by atoms with E-state index >= 15 is 0 Å². The average Bonchev–Trinajstić information content (AvgIpc) is 1.84. The van der Waals surface area contributed by atoms with Crippen LogP contribution in [0.2, 0.25) is 0 Å². The summed E-state index contributed by atoms with van der Waals surface area (Å²) in [7, 11) is -4.64. The molecule has 82 valence electrons. The Balaban J connectivity index is 0. The molecule has 1 unspecified atom stereocenters. The molecule has 1 atom stereocenters. The van der Waals surface area contributed by atoms with Crippen LogP contribution < -0.4 is 0 Å². The Hall–Kier alpha value is -0.0500. The third-order valence-electron chi connectivity index (χ3n) is 0.769. The van der Waals surface area contributed by atoms with Crippen LogP contribution >= 0.6 is 7.82 Å². The van der Waals surface area contributed by atoms with E-state index in [9.17, 15) is 0 Å². The molecule has 0 aliphatic rings. The highest BCUT2D eigenvalue weighted by Crippen LogP contribution is 2.25. The lowest BCUT2D eigenvalue weighted by Crippen LogP contribution is -2.25. The summed E-state index contributed by atoms with van der Waals surface area (Å²) >= 11 is 0. The summed E-state index contributed by atoms with van der Waals surface area (Å²) in [4.78, 5) is 21.6. The summed E-state index contributed by atoms with van der Waals surface area (Å²) in [6, 6.07) is 0. The second kappa shape index (κ2) is 7.36. The first-order valence-corrected chi connectivity index (χ1v) is 4.68. The van der Waals surface area contributed by atoms with Gasteiger partial charge < -0.3 is 35.1 Å². The number of phosphoric acid groups is 1. The third-order valence-corrected chi connectivity index (χ3v) is 0.769. The fourth-order valence-electron chi connectivity index (χ4n) is 0.281. The lowest BCUT2D eigenvalue weighted by Gasteiger charge is -2.08. The van der Waals surface area contributed by atoms with Gasteiger partial charge in [0.2, 0.25) is 0 Å². The zero-order valence-electron chi connectivity index (χ0n) is 6.55. The van der Waals surface area contributed by atoms with Crippen molar-refractivity contribution in [2.45, 2.75) is 18.8 Å². The molecule has 0 aromatic rings. The molecular formula is C4H13O8P. The smallest absolute Gasteiger partial charge is 0.396 e. The monoisotopic (exact) mass is 220 g/mol. The second-order valence-corrected chi connectivity index (χ2v) is 3.03. The standard InChI is InChI=1S/C4H10O4.H3O4P/c5-2-1-3(6)4(7)8;1-5(2,3)4/h3-8H,1-2H2;(H3,1,2,3,4). The van der Waals surface area contributed by atoms with E-state index < -0.39 is 20.2 Å². The molecule has 0 saturated heterocycles. The maximum Gasteiger partial charge on any atom is 0.466 e. The quantitative estimate of drug-likeness (QED) is 0.197. The molecule has 0 spiro atoms. The van der Waals surface area contributed by atoms with E-state index in [1.807, 2.05) is 0 Å². The first-order chi connectivity index (χ1) is 5.68. The van der Waals surface area contributed by atoms with Crippen LogP contribution in [-0.2, 0) is 4.57 Å². The van der Waals surface area contributed by atoms with Crippen LogP contribution in [0.3, 0.4) is 0 Å². The summed E-state index contributed by atoms with van der Waals surface area (Å²) in [5.41, 5.74) is 0. The first-order valence-electron chi connectivity index (χ1n) is 3.11. The van der Waals surface area contributed by atoms with E-state index in [2.05, 4.69) is 0 Å². The molecule has 0 aliphatic carbocycles. The summed E-state index contributed by atoms with van der Waals surface area (Å²) in [5.74, 6) is 0. The van der Waals surface area contributed by atoms with Crippen molar-refractivity contribution in [3.8, 4) is 0 Å². The second-order valence-electron chi connectivity index (χ2n) is 2.01. The van der Waals surface area contributed by atoms with Crippen molar-refractivity contribution < 1.29 is 39.7 Å². The molecule has 0 rings (SSSR count). The van der Waals surface area contributed by atoms with Gasteiger partial charge >= 0.3 is 7.82 Å². The van der Waals surface area contributed by atoms with Gasteiger partial charge in [-0.1, -0.05) is 0 Å². The lowest BCUT2D eigenvalue weighted by atomic mass is 10.2. The zero-order valence-corrected chi connectivity index (χ0v) is 7.45. The molecule has 0 radical (unpaired) electrons. The van der Waals surface area contributed by atoms with Crippen LogP contribution in [0.25, 0.3) is 0 Å². The van der Waals surface area contributed by atoms with Gasteiger partial charge in [-0.15, -0.1) is 0 Å². The topological polar surface area (TPSA) is 159 Å².